The molecule has 1 aliphatic carbocycles. The van der Waals surface area contributed by atoms with Gasteiger partial charge < -0.3 is 11.1 Å². The van der Waals surface area contributed by atoms with Gasteiger partial charge in [0.15, 0.2) is 0 Å². The van der Waals surface area contributed by atoms with E-state index in [9.17, 15) is 4.79 Å². The van der Waals surface area contributed by atoms with Crippen molar-refractivity contribution in [3.63, 3.8) is 0 Å². The van der Waals surface area contributed by atoms with E-state index < -0.39 is 5.41 Å². The van der Waals surface area contributed by atoms with Crippen LogP contribution in [-0.2, 0) is 10.2 Å². The van der Waals surface area contributed by atoms with E-state index in [1.165, 1.54) is 6.42 Å². The van der Waals surface area contributed by atoms with E-state index in [1.54, 1.807) is 0 Å². The van der Waals surface area contributed by atoms with Gasteiger partial charge in [0, 0.05) is 6.04 Å². The first kappa shape index (κ1) is 19.0. The van der Waals surface area contributed by atoms with Crippen molar-refractivity contribution in [2.24, 2.45) is 11.7 Å². The summed E-state index contributed by atoms with van der Waals surface area (Å²) in [6.45, 7) is 4.87. The Morgan fingerprint density at radius 1 is 1.23 bits per heavy atom. The number of carbonyl (C=O) groups excluding carboxylic acids is 1. The van der Waals surface area contributed by atoms with Gasteiger partial charge >= 0.3 is 0 Å². The molecule has 2 atom stereocenters. The van der Waals surface area contributed by atoms with Crippen LogP contribution in [0.5, 0.6) is 0 Å². The number of halogens is 1. The summed E-state index contributed by atoms with van der Waals surface area (Å²) in [6, 6.07) is 10.4. The van der Waals surface area contributed by atoms with E-state index in [1.807, 2.05) is 18.2 Å². The highest BCUT2D eigenvalue weighted by atomic mass is 35.5. The number of nitrogens with two attached hydrogens (primary N) is 1. The molecule has 0 saturated heterocycles. The molecule has 1 fully saturated rings. The monoisotopic (exact) mass is 324 g/mol. The van der Waals surface area contributed by atoms with Crippen LogP contribution in [0, 0.1) is 5.92 Å². The van der Waals surface area contributed by atoms with Crippen LogP contribution >= 0.6 is 12.4 Å². The second-order valence-electron chi connectivity index (χ2n) is 6.16. The zero-order valence-corrected chi connectivity index (χ0v) is 14.5. The van der Waals surface area contributed by atoms with Crippen molar-refractivity contribution < 1.29 is 4.79 Å². The zero-order valence-electron chi connectivity index (χ0n) is 13.7. The third-order valence-electron chi connectivity index (χ3n) is 5.25. The lowest BCUT2D eigenvalue weighted by Gasteiger charge is -2.33. The molecule has 0 radical (unpaired) electrons. The number of benzene rings is 1. The van der Waals surface area contributed by atoms with Crippen molar-refractivity contribution >= 4 is 18.3 Å². The van der Waals surface area contributed by atoms with Gasteiger partial charge in [-0.25, -0.2) is 0 Å². The molecular weight excluding hydrogens is 296 g/mol. The molecule has 124 valence electrons. The smallest absolute Gasteiger partial charge is 0.230 e. The van der Waals surface area contributed by atoms with Gasteiger partial charge in [-0.1, -0.05) is 50.6 Å². The van der Waals surface area contributed by atoms with Crippen LogP contribution in [0.15, 0.2) is 30.3 Å². The molecule has 0 heterocycles. The molecule has 0 aliphatic heterocycles. The fourth-order valence-electron chi connectivity index (χ4n) is 3.68. The van der Waals surface area contributed by atoms with Gasteiger partial charge in [-0.15, -0.1) is 12.4 Å². The van der Waals surface area contributed by atoms with Gasteiger partial charge in [-0.2, -0.15) is 0 Å². The van der Waals surface area contributed by atoms with E-state index in [0.29, 0.717) is 12.5 Å². The summed E-state index contributed by atoms with van der Waals surface area (Å²) < 4.78 is 0. The molecule has 1 saturated carbocycles. The Hall–Kier alpha value is -1.06. The van der Waals surface area contributed by atoms with E-state index in [-0.39, 0.29) is 24.4 Å². The Kier molecular flexibility index (Phi) is 7.37. The predicted molar refractivity (Wildman–Crippen MR) is 94.3 cm³/mol. The lowest BCUT2D eigenvalue weighted by molar-refractivity contribution is -0.128. The number of nitrogens with one attached hydrogen (secondary N) is 1. The second-order valence-corrected chi connectivity index (χ2v) is 6.16. The average molecular weight is 325 g/mol. The first-order chi connectivity index (χ1) is 10.2. The number of carbonyl (C=O) groups is 1. The Morgan fingerprint density at radius 3 is 2.41 bits per heavy atom. The second kappa shape index (κ2) is 8.54. The maximum Gasteiger partial charge on any atom is 0.230 e. The summed E-state index contributed by atoms with van der Waals surface area (Å²) in [5.41, 5.74) is 6.54. The molecule has 4 heteroatoms. The molecule has 22 heavy (non-hydrogen) atoms. The van der Waals surface area contributed by atoms with Crippen LogP contribution in [-0.4, -0.2) is 18.5 Å². The van der Waals surface area contributed by atoms with Gasteiger partial charge in [0.2, 0.25) is 5.91 Å². The predicted octanol–water partition coefficient (Wildman–Crippen LogP) is 3.41. The van der Waals surface area contributed by atoms with E-state index >= 15 is 0 Å². The maximum absolute atomic E-state index is 13.0. The highest BCUT2D eigenvalue weighted by Crippen LogP contribution is 2.33. The van der Waals surface area contributed by atoms with Crippen LogP contribution in [0.4, 0.5) is 0 Å². The van der Waals surface area contributed by atoms with Crippen LogP contribution in [0.2, 0.25) is 0 Å². The Labute approximate surface area is 140 Å². The van der Waals surface area contributed by atoms with Gasteiger partial charge in [-0.3, -0.25) is 4.79 Å². The quantitative estimate of drug-likeness (QED) is 0.842. The van der Waals surface area contributed by atoms with Gasteiger partial charge in [0.25, 0.3) is 0 Å². The summed E-state index contributed by atoms with van der Waals surface area (Å²) in [5, 5.41) is 3.30. The van der Waals surface area contributed by atoms with Crippen LogP contribution in [0.1, 0.15) is 51.5 Å². The van der Waals surface area contributed by atoms with E-state index in [2.05, 4.69) is 31.3 Å². The summed E-state index contributed by atoms with van der Waals surface area (Å²) in [4.78, 5) is 13.0. The van der Waals surface area contributed by atoms with Gasteiger partial charge in [0.05, 0.1) is 5.41 Å². The number of amides is 1. The molecule has 0 aromatic heterocycles. The number of hydrogen-bond donors (Lipinski definition) is 2. The first-order valence-electron chi connectivity index (χ1n) is 8.24. The van der Waals surface area contributed by atoms with E-state index in [4.69, 9.17) is 5.73 Å². The third-order valence-corrected chi connectivity index (χ3v) is 5.25. The molecular formula is C18H29ClN2O. The topological polar surface area (TPSA) is 55.1 Å². The highest BCUT2D eigenvalue weighted by molar-refractivity contribution is 5.88. The van der Waals surface area contributed by atoms with Gasteiger partial charge in [0.1, 0.15) is 0 Å². The van der Waals surface area contributed by atoms with Gasteiger partial charge in [-0.05, 0) is 43.7 Å². The normalized spacial score (nSPS) is 21.2. The summed E-state index contributed by atoms with van der Waals surface area (Å²) in [7, 11) is 0. The minimum absolute atomic E-state index is 0. The minimum atomic E-state index is -0.414. The SMILES string of the molecule is CCC(CC)(C(=O)NC1CCCC1CN)c1ccccc1.Cl. The third kappa shape index (κ3) is 3.64. The molecule has 2 rings (SSSR count). The van der Waals surface area contributed by atoms with Crippen molar-refractivity contribution in [1.29, 1.82) is 0 Å². The number of rotatable bonds is 6. The van der Waals surface area contributed by atoms with Crippen LogP contribution in [0.25, 0.3) is 0 Å². The molecule has 3 nitrogen and oxygen atoms in total. The highest BCUT2D eigenvalue weighted by Gasteiger charge is 2.39. The first-order valence-corrected chi connectivity index (χ1v) is 8.24. The molecule has 1 amide bonds. The Morgan fingerprint density at radius 2 is 1.86 bits per heavy atom. The molecule has 1 aromatic rings. The van der Waals surface area contributed by atoms with E-state index in [0.717, 1.165) is 31.2 Å². The minimum Gasteiger partial charge on any atom is -0.352 e. The Bertz CT molecular complexity index is 459. The molecule has 0 spiro atoms. The summed E-state index contributed by atoms with van der Waals surface area (Å²) in [5.74, 6) is 0.611. The fraction of sp³-hybridized carbons (Fsp3) is 0.611. The average Bonchev–Trinajstić information content (AvgIpc) is 2.97. The van der Waals surface area contributed by atoms with Crippen molar-refractivity contribution in [2.45, 2.75) is 57.4 Å². The lowest BCUT2D eigenvalue weighted by Crippen LogP contribution is -2.49. The maximum atomic E-state index is 13.0. The zero-order chi connectivity index (χ0) is 15.3. The largest absolute Gasteiger partial charge is 0.352 e. The molecule has 2 unspecified atom stereocenters. The van der Waals surface area contributed by atoms with Crippen LogP contribution in [0.3, 0.4) is 0 Å². The Balaban J connectivity index is 0.00000242. The molecule has 1 aliphatic rings. The summed E-state index contributed by atoms with van der Waals surface area (Å²) >= 11 is 0. The van der Waals surface area contributed by atoms with Crippen molar-refractivity contribution in [2.75, 3.05) is 6.54 Å². The standard InChI is InChI=1S/C18H28N2O.ClH/c1-3-18(4-2,15-10-6-5-7-11-15)17(21)20-16-12-8-9-14(16)13-19;/h5-7,10-11,14,16H,3-4,8-9,12-13,19H2,1-2H3,(H,20,21);1H. The number of hydrogen-bond acceptors (Lipinski definition) is 2. The lowest BCUT2D eigenvalue weighted by atomic mass is 9.74. The fourth-order valence-corrected chi connectivity index (χ4v) is 3.68. The van der Waals surface area contributed by atoms with Crippen LogP contribution < -0.4 is 11.1 Å². The van der Waals surface area contributed by atoms with Crippen molar-refractivity contribution in [3.8, 4) is 0 Å². The molecule has 3 N–H and O–H groups in total. The van der Waals surface area contributed by atoms with Crippen molar-refractivity contribution in [1.82, 2.24) is 5.32 Å². The van der Waals surface area contributed by atoms with Crippen molar-refractivity contribution in [3.05, 3.63) is 35.9 Å². The molecule has 0 bridgehead atoms. The molecule has 1 aromatic carbocycles. The summed E-state index contributed by atoms with van der Waals surface area (Å²) in [6.07, 6.45) is 5.01.